The lowest BCUT2D eigenvalue weighted by atomic mass is 9.51. The highest BCUT2D eigenvalue weighted by Crippen LogP contribution is 2.59. The smallest absolute Gasteiger partial charge is 0.0314 e. The molecule has 0 saturated heterocycles. The average molecular weight is 609 g/mol. The van der Waals surface area contributed by atoms with Crippen LogP contribution in [0.3, 0.4) is 0 Å². The molecule has 2 aliphatic rings. The van der Waals surface area contributed by atoms with E-state index in [4.69, 9.17) is 22.9 Å². The number of hydrogen-bond acceptors (Lipinski definition) is 4. The van der Waals surface area contributed by atoms with Crippen molar-refractivity contribution in [3.05, 3.63) is 154 Å². The van der Waals surface area contributed by atoms with Crippen LogP contribution in [0.1, 0.15) is 76.6 Å². The Hall–Kier alpha value is -4.70. The molecule has 6 rings (SSSR count). The Kier molecular flexibility index (Phi) is 7.47. The molecule has 4 aromatic rings. The first-order valence-electron chi connectivity index (χ1n) is 16.3. The quantitative estimate of drug-likeness (QED) is 0.173. The second kappa shape index (κ2) is 11.0. The minimum absolute atomic E-state index is 0.208. The fraction of sp³-hybridized carbons (Fsp3) is 0.286. The lowest BCUT2D eigenvalue weighted by Crippen LogP contribution is -2.44. The van der Waals surface area contributed by atoms with Gasteiger partial charge in [-0.1, -0.05) is 88.4 Å². The highest BCUT2D eigenvalue weighted by molar-refractivity contribution is 5.65. The zero-order valence-electron chi connectivity index (χ0n) is 28.1. The molecule has 4 heteroatoms. The third-order valence-corrected chi connectivity index (χ3v) is 10.9. The van der Waals surface area contributed by atoms with E-state index in [2.05, 4.69) is 102 Å². The molecule has 0 spiro atoms. The largest absolute Gasteiger partial charge is 0.399 e. The van der Waals surface area contributed by atoms with Gasteiger partial charge in [0.1, 0.15) is 0 Å². The Morgan fingerprint density at radius 3 is 0.891 bits per heavy atom. The molecule has 0 aromatic heterocycles. The molecule has 8 N–H and O–H groups in total. The molecule has 0 heterocycles. The fourth-order valence-electron chi connectivity index (χ4n) is 8.96. The Bertz CT molecular complexity index is 1720. The summed E-state index contributed by atoms with van der Waals surface area (Å²) < 4.78 is 0. The number of rotatable bonds is 4. The highest BCUT2D eigenvalue weighted by Gasteiger charge is 2.50. The molecule has 0 bridgehead atoms. The predicted octanol–water partition coefficient (Wildman–Crippen LogP) is 9.14. The van der Waals surface area contributed by atoms with Gasteiger partial charge in [0.25, 0.3) is 0 Å². The van der Waals surface area contributed by atoms with E-state index in [1.807, 2.05) is 48.5 Å². The highest BCUT2D eigenvalue weighted by atomic mass is 14.6. The maximum absolute atomic E-state index is 6.25. The van der Waals surface area contributed by atoms with Crippen LogP contribution in [0.5, 0.6) is 0 Å². The van der Waals surface area contributed by atoms with Crippen molar-refractivity contribution in [2.75, 3.05) is 22.9 Å². The summed E-state index contributed by atoms with van der Waals surface area (Å²) in [6.07, 6.45) is 6.77. The van der Waals surface area contributed by atoms with Crippen molar-refractivity contribution in [2.24, 2.45) is 0 Å². The first-order valence-corrected chi connectivity index (χ1v) is 16.3. The van der Waals surface area contributed by atoms with Gasteiger partial charge < -0.3 is 22.9 Å². The third kappa shape index (κ3) is 5.20. The van der Waals surface area contributed by atoms with E-state index < -0.39 is 0 Å². The molecule has 4 atom stereocenters. The molecule has 0 amide bonds. The van der Waals surface area contributed by atoms with Crippen molar-refractivity contribution in [1.82, 2.24) is 0 Å². The summed E-state index contributed by atoms with van der Waals surface area (Å²) in [5.74, 6) is 0. The van der Waals surface area contributed by atoms with Crippen molar-refractivity contribution in [3.8, 4) is 0 Å². The van der Waals surface area contributed by atoms with Crippen LogP contribution >= 0.6 is 0 Å². The molecule has 46 heavy (non-hydrogen) atoms. The van der Waals surface area contributed by atoms with Gasteiger partial charge in [-0.2, -0.15) is 0 Å². The molecule has 4 nitrogen and oxygen atoms in total. The summed E-state index contributed by atoms with van der Waals surface area (Å²) in [5.41, 5.74) is 37.2. The van der Waals surface area contributed by atoms with Gasteiger partial charge in [0.2, 0.25) is 0 Å². The molecular formula is C42H48N4. The number of allylic oxidation sites excluding steroid dienone is 6. The minimum atomic E-state index is -0.322. The van der Waals surface area contributed by atoms with Gasteiger partial charge in [-0.3, -0.25) is 0 Å². The topological polar surface area (TPSA) is 104 Å². The SMILES string of the molecule is CC1=CC(C)(c2ccc(N)cc2)CC(C)(c2ccc(N)cc2)C1=C1C(C)=CC(C)(c2ccc(N)cc2)CC1(C)c1ccc(N)cc1. The van der Waals surface area contributed by atoms with Crippen LogP contribution in [0.25, 0.3) is 0 Å². The lowest BCUT2D eigenvalue weighted by Gasteiger charge is -2.52. The van der Waals surface area contributed by atoms with E-state index in [-0.39, 0.29) is 21.7 Å². The minimum Gasteiger partial charge on any atom is -0.399 e. The number of hydrogen-bond donors (Lipinski definition) is 4. The van der Waals surface area contributed by atoms with E-state index in [1.165, 1.54) is 44.5 Å². The molecule has 236 valence electrons. The summed E-state index contributed by atoms with van der Waals surface area (Å²) in [7, 11) is 0. The Morgan fingerprint density at radius 1 is 0.391 bits per heavy atom. The molecular weight excluding hydrogens is 560 g/mol. The Balaban J connectivity index is 1.69. The second-order valence-corrected chi connectivity index (χ2v) is 14.7. The third-order valence-electron chi connectivity index (χ3n) is 10.9. The van der Waals surface area contributed by atoms with E-state index in [9.17, 15) is 0 Å². The molecule has 0 saturated carbocycles. The van der Waals surface area contributed by atoms with E-state index in [0.29, 0.717) is 0 Å². The van der Waals surface area contributed by atoms with E-state index in [0.717, 1.165) is 35.6 Å². The molecule has 2 aliphatic carbocycles. The first-order chi connectivity index (χ1) is 21.7. The average Bonchev–Trinajstić information content (AvgIpc) is 2.99. The summed E-state index contributed by atoms with van der Waals surface area (Å²) in [5, 5.41) is 0. The first kappa shape index (κ1) is 31.3. The van der Waals surface area contributed by atoms with Crippen molar-refractivity contribution in [1.29, 1.82) is 0 Å². The molecule has 0 fully saturated rings. The zero-order valence-corrected chi connectivity index (χ0v) is 28.1. The number of nitrogen functional groups attached to an aromatic ring is 4. The van der Waals surface area contributed by atoms with Gasteiger partial charge in [-0.15, -0.1) is 0 Å². The fourth-order valence-corrected chi connectivity index (χ4v) is 8.96. The maximum atomic E-state index is 6.25. The van der Waals surface area contributed by atoms with Gasteiger partial charge in [0.15, 0.2) is 0 Å². The summed E-state index contributed by atoms with van der Waals surface area (Å²) in [6, 6.07) is 33.8. The van der Waals surface area contributed by atoms with Crippen LogP contribution in [0.2, 0.25) is 0 Å². The van der Waals surface area contributed by atoms with E-state index in [1.54, 1.807) is 0 Å². The van der Waals surface area contributed by atoms with Crippen LogP contribution in [0.4, 0.5) is 22.7 Å². The predicted molar refractivity (Wildman–Crippen MR) is 197 cm³/mol. The van der Waals surface area contributed by atoms with Gasteiger partial charge in [-0.05, 0) is 120 Å². The second-order valence-electron chi connectivity index (χ2n) is 14.7. The summed E-state index contributed by atoms with van der Waals surface area (Å²) in [6.45, 7) is 14.2. The molecule has 4 unspecified atom stereocenters. The zero-order chi connectivity index (χ0) is 33.1. The molecule has 4 aromatic carbocycles. The molecule has 0 aliphatic heterocycles. The Labute approximate surface area is 274 Å². The summed E-state index contributed by atoms with van der Waals surface area (Å²) in [4.78, 5) is 0. The van der Waals surface area contributed by atoms with Gasteiger partial charge >= 0.3 is 0 Å². The van der Waals surface area contributed by atoms with Crippen molar-refractivity contribution >= 4 is 22.7 Å². The standard InChI is InChI=1S/C42H48N4/c1-27-23-39(3,29-7-15-33(43)16-8-29)25-41(5,31-11-19-35(45)20-12-31)37(27)38-28(2)24-40(4,30-9-17-34(44)18-10-30)26-42(38,6)32-13-21-36(46)22-14-32/h7-24H,25-26,43-46H2,1-6H3. The van der Waals surface area contributed by atoms with Crippen LogP contribution in [0.15, 0.2) is 132 Å². The van der Waals surface area contributed by atoms with Gasteiger partial charge in [0, 0.05) is 44.4 Å². The van der Waals surface area contributed by atoms with Gasteiger partial charge in [0.05, 0.1) is 0 Å². The molecule has 0 radical (unpaired) electrons. The van der Waals surface area contributed by atoms with Crippen molar-refractivity contribution in [3.63, 3.8) is 0 Å². The van der Waals surface area contributed by atoms with Crippen LogP contribution < -0.4 is 22.9 Å². The number of nitrogens with two attached hydrogens (primary N) is 4. The van der Waals surface area contributed by atoms with E-state index >= 15 is 0 Å². The monoisotopic (exact) mass is 608 g/mol. The van der Waals surface area contributed by atoms with Gasteiger partial charge in [-0.25, -0.2) is 0 Å². The number of anilines is 4. The van der Waals surface area contributed by atoms with Crippen molar-refractivity contribution in [2.45, 2.75) is 76.0 Å². The summed E-state index contributed by atoms with van der Waals surface area (Å²) >= 11 is 0. The lowest BCUT2D eigenvalue weighted by molar-refractivity contribution is 0.351. The van der Waals surface area contributed by atoms with Crippen molar-refractivity contribution < 1.29 is 0 Å². The maximum Gasteiger partial charge on any atom is 0.0314 e. The normalized spacial score (nSPS) is 29.6. The van der Waals surface area contributed by atoms with Crippen LogP contribution in [0, 0.1) is 0 Å². The van der Waals surface area contributed by atoms with Crippen LogP contribution in [-0.2, 0) is 21.7 Å². The van der Waals surface area contributed by atoms with Crippen LogP contribution in [-0.4, -0.2) is 0 Å². The number of benzene rings is 4. The Morgan fingerprint density at radius 2 is 0.630 bits per heavy atom.